The zero-order valence-electron chi connectivity index (χ0n) is 15.0. The van der Waals surface area contributed by atoms with Crippen molar-refractivity contribution in [1.82, 2.24) is 5.32 Å². The average molecular weight is 400 g/mol. The molecule has 2 N–H and O–H groups in total. The number of alkyl halides is 2. The van der Waals surface area contributed by atoms with Crippen molar-refractivity contribution in [2.75, 3.05) is 5.32 Å². The molecule has 150 valence electrons. The number of anilines is 1. The molecule has 2 rings (SSSR count). The van der Waals surface area contributed by atoms with Crippen LogP contribution in [0.3, 0.4) is 0 Å². The van der Waals surface area contributed by atoms with E-state index in [1.807, 2.05) is 0 Å². The van der Waals surface area contributed by atoms with Gasteiger partial charge >= 0.3 is 5.92 Å². The van der Waals surface area contributed by atoms with E-state index in [-0.39, 0.29) is 5.69 Å². The lowest BCUT2D eigenvalue weighted by Gasteiger charge is -2.20. The minimum Gasteiger partial charge on any atom is -0.348 e. The van der Waals surface area contributed by atoms with Crippen molar-refractivity contribution in [3.63, 3.8) is 0 Å². The monoisotopic (exact) mass is 400 g/mol. The lowest BCUT2D eigenvalue weighted by molar-refractivity contribution is -0.148. The highest BCUT2D eigenvalue weighted by atomic mass is 19.3. The largest absolute Gasteiger partial charge is 0.352 e. The van der Waals surface area contributed by atoms with Crippen molar-refractivity contribution in [2.45, 2.75) is 32.2 Å². The van der Waals surface area contributed by atoms with Crippen LogP contribution >= 0.6 is 0 Å². The van der Waals surface area contributed by atoms with Crippen LogP contribution in [0, 0.1) is 17.5 Å². The van der Waals surface area contributed by atoms with Gasteiger partial charge in [0.2, 0.25) is 0 Å². The van der Waals surface area contributed by atoms with Crippen LogP contribution in [0.15, 0.2) is 36.4 Å². The van der Waals surface area contributed by atoms with Crippen LogP contribution in [0.5, 0.6) is 0 Å². The molecule has 4 nitrogen and oxygen atoms in total. The summed E-state index contributed by atoms with van der Waals surface area (Å²) in [5.74, 6) is -10.6. The molecule has 0 bridgehead atoms. The maximum atomic E-state index is 14.4. The van der Waals surface area contributed by atoms with E-state index in [4.69, 9.17) is 0 Å². The molecule has 0 spiro atoms. The van der Waals surface area contributed by atoms with E-state index >= 15 is 0 Å². The summed E-state index contributed by atoms with van der Waals surface area (Å²) in [5.41, 5.74) is -1.79. The number of halogens is 5. The maximum Gasteiger partial charge on any atom is 0.352 e. The summed E-state index contributed by atoms with van der Waals surface area (Å²) in [5, 5.41) is 4.24. The van der Waals surface area contributed by atoms with Gasteiger partial charge in [-0.3, -0.25) is 9.59 Å². The van der Waals surface area contributed by atoms with E-state index < -0.39 is 52.4 Å². The number of nitrogens with one attached hydrogen (secondary N) is 2. The van der Waals surface area contributed by atoms with Crippen LogP contribution < -0.4 is 10.6 Å². The lowest BCUT2D eigenvalue weighted by Crippen LogP contribution is -2.43. The third-order valence-corrected chi connectivity index (χ3v) is 4.02. The van der Waals surface area contributed by atoms with Gasteiger partial charge in [-0.05, 0) is 43.7 Å². The summed E-state index contributed by atoms with van der Waals surface area (Å²) in [6.07, 6.45) is 0.390. The number of amides is 2. The molecule has 0 saturated heterocycles. The molecule has 0 saturated carbocycles. The molecule has 0 fully saturated rings. The Balaban J connectivity index is 2.29. The number of carbonyl (C=O) groups is 2. The minimum atomic E-state index is -4.22. The molecule has 2 aromatic rings. The van der Waals surface area contributed by atoms with Crippen LogP contribution in [-0.4, -0.2) is 17.9 Å². The van der Waals surface area contributed by atoms with Crippen LogP contribution in [0.1, 0.15) is 36.2 Å². The SMILES string of the molecule is CCC(C)NC(=O)C(F)(F)c1cc(C(=O)Nc2ccc(F)c(F)c2)ccc1F. The van der Waals surface area contributed by atoms with Crippen LogP contribution in [0.2, 0.25) is 0 Å². The first-order chi connectivity index (χ1) is 13.1. The van der Waals surface area contributed by atoms with E-state index in [0.717, 1.165) is 18.2 Å². The molecule has 0 aromatic heterocycles. The summed E-state index contributed by atoms with van der Waals surface area (Å²) < 4.78 is 68.9. The van der Waals surface area contributed by atoms with Crippen LogP contribution in [0.25, 0.3) is 0 Å². The fourth-order valence-electron chi connectivity index (χ4n) is 2.22. The number of hydrogen-bond acceptors (Lipinski definition) is 2. The third-order valence-electron chi connectivity index (χ3n) is 4.02. The standard InChI is InChI=1S/C19H17F5N2O2/c1-3-10(2)25-18(28)19(23,24)13-8-11(4-6-14(13)20)17(27)26-12-5-7-15(21)16(22)9-12/h4-10H,3H2,1-2H3,(H,25,28)(H,26,27). The van der Waals surface area contributed by atoms with E-state index in [0.29, 0.717) is 24.6 Å². The molecule has 28 heavy (non-hydrogen) atoms. The molecule has 1 atom stereocenters. The fraction of sp³-hybridized carbons (Fsp3) is 0.263. The van der Waals surface area contributed by atoms with Gasteiger partial charge in [0.15, 0.2) is 11.6 Å². The van der Waals surface area contributed by atoms with E-state index in [2.05, 4.69) is 10.6 Å². The van der Waals surface area contributed by atoms with Gasteiger partial charge in [0.05, 0.1) is 5.56 Å². The number of hydrogen-bond donors (Lipinski definition) is 2. The highest BCUT2D eigenvalue weighted by molar-refractivity contribution is 6.04. The third kappa shape index (κ3) is 4.65. The number of rotatable bonds is 6. The number of benzene rings is 2. The van der Waals surface area contributed by atoms with Crippen molar-refractivity contribution >= 4 is 17.5 Å². The predicted octanol–water partition coefficient (Wildman–Crippen LogP) is 4.36. The quantitative estimate of drug-likeness (QED) is 0.708. The molecule has 0 radical (unpaired) electrons. The van der Waals surface area contributed by atoms with Crippen molar-refractivity contribution in [3.8, 4) is 0 Å². The topological polar surface area (TPSA) is 58.2 Å². The molecule has 0 aliphatic carbocycles. The van der Waals surface area contributed by atoms with Gasteiger partial charge in [-0.1, -0.05) is 6.92 Å². The molecule has 9 heteroatoms. The normalized spacial score (nSPS) is 12.4. The molecular formula is C19H17F5N2O2. The first-order valence-corrected chi connectivity index (χ1v) is 8.31. The average Bonchev–Trinajstić information content (AvgIpc) is 2.64. The maximum absolute atomic E-state index is 14.4. The first-order valence-electron chi connectivity index (χ1n) is 8.31. The van der Waals surface area contributed by atoms with E-state index in [9.17, 15) is 31.5 Å². The number of carbonyl (C=O) groups excluding carboxylic acids is 2. The Morgan fingerprint density at radius 1 is 1.00 bits per heavy atom. The summed E-state index contributed by atoms with van der Waals surface area (Å²) in [6.45, 7) is 3.18. The highest BCUT2D eigenvalue weighted by Crippen LogP contribution is 2.31. The molecule has 2 amide bonds. The molecular weight excluding hydrogens is 383 g/mol. The second-order valence-corrected chi connectivity index (χ2v) is 6.13. The molecule has 0 aliphatic heterocycles. The van der Waals surface area contributed by atoms with Gasteiger partial charge in [0.1, 0.15) is 5.82 Å². The van der Waals surface area contributed by atoms with E-state index in [1.54, 1.807) is 6.92 Å². The van der Waals surface area contributed by atoms with Gasteiger partial charge in [0, 0.05) is 23.4 Å². The summed E-state index contributed by atoms with van der Waals surface area (Å²) >= 11 is 0. The van der Waals surface area contributed by atoms with E-state index in [1.165, 1.54) is 6.92 Å². The highest BCUT2D eigenvalue weighted by Gasteiger charge is 2.43. The van der Waals surface area contributed by atoms with Gasteiger partial charge in [-0.25, -0.2) is 13.2 Å². The molecule has 1 unspecified atom stereocenters. The van der Waals surface area contributed by atoms with Crippen molar-refractivity contribution in [3.05, 3.63) is 65.0 Å². The summed E-state index contributed by atoms with van der Waals surface area (Å²) in [4.78, 5) is 24.0. The van der Waals surface area contributed by atoms with Gasteiger partial charge in [-0.2, -0.15) is 8.78 Å². The molecule has 0 aliphatic rings. The Bertz CT molecular complexity index is 902. The Kier molecular flexibility index (Phi) is 6.37. The predicted molar refractivity (Wildman–Crippen MR) is 92.5 cm³/mol. The molecule has 0 heterocycles. The zero-order chi connectivity index (χ0) is 21.1. The smallest absolute Gasteiger partial charge is 0.348 e. The second kappa shape index (κ2) is 8.37. The molecule has 2 aromatic carbocycles. The van der Waals surface area contributed by atoms with Gasteiger partial charge in [-0.15, -0.1) is 0 Å². The minimum absolute atomic E-state index is 0.129. The Morgan fingerprint density at radius 3 is 2.25 bits per heavy atom. The fourth-order valence-corrected chi connectivity index (χ4v) is 2.22. The Hall–Kier alpha value is -2.97. The van der Waals surface area contributed by atoms with Crippen LogP contribution in [0.4, 0.5) is 27.6 Å². The van der Waals surface area contributed by atoms with Gasteiger partial charge < -0.3 is 10.6 Å². The van der Waals surface area contributed by atoms with Crippen molar-refractivity contribution < 1.29 is 31.5 Å². The Labute approximate surface area is 157 Å². The van der Waals surface area contributed by atoms with Gasteiger partial charge in [0.25, 0.3) is 11.8 Å². The van der Waals surface area contributed by atoms with Crippen molar-refractivity contribution in [2.24, 2.45) is 0 Å². The Morgan fingerprint density at radius 2 is 1.64 bits per heavy atom. The first kappa shape index (κ1) is 21.3. The zero-order valence-corrected chi connectivity index (χ0v) is 15.0. The lowest BCUT2D eigenvalue weighted by atomic mass is 10.0. The summed E-state index contributed by atoms with van der Waals surface area (Å²) in [7, 11) is 0. The summed E-state index contributed by atoms with van der Waals surface area (Å²) in [6, 6.07) is 4.08. The van der Waals surface area contributed by atoms with Crippen LogP contribution in [-0.2, 0) is 10.7 Å². The second-order valence-electron chi connectivity index (χ2n) is 6.13. The van der Waals surface area contributed by atoms with Crippen molar-refractivity contribution in [1.29, 1.82) is 0 Å².